The summed E-state index contributed by atoms with van der Waals surface area (Å²) in [6.45, 7) is 7.74. The summed E-state index contributed by atoms with van der Waals surface area (Å²) in [5.41, 5.74) is 3.60. The van der Waals surface area contributed by atoms with Gasteiger partial charge in [-0.05, 0) is 76.1 Å². The molecule has 2 aromatic rings. The number of aliphatic carboxylic acids is 1. The monoisotopic (exact) mass is 667 g/mol. The van der Waals surface area contributed by atoms with Crippen molar-refractivity contribution >= 4 is 35.9 Å². The fourth-order valence-corrected chi connectivity index (χ4v) is 5.12. The van der Waals surface area contributed by atoms with Crippen molar-refractivity contribution in [2.24, 2.45) is 0 Å². The van der Waals surface area contributed by atoms with E-state index < -0.39 is 66.1 Å². The lowest BCUT2D eigenvalue weighted by atomic mass is 9.98. The number of fused-ring (bicyclic) bond motifs is 3. The molecule has 5 amide bonds. The Hall–Kier alpha value is -5.14. The number of carboxylic acids is 1. The highest BCUT2D eigenvalue weighted by Gasteiger charge is 2.30. The first-order valence-electron chi connectivity index (χ1n) is 15.8. The van der Waals surface area contributed by atoms with Crippen LogP contribution in [0.2, 0.25) is 0 Å². The van der Waals surface area contributed by atoms with E-state index in [0.717, 1.165) is 22.3 Å². The fraction of sp³-hybridized carbons (Fsp3) is 0.471. The van der Waals surface area contributed by atoms with Gasteiger partial charge in [-0.15, -0.1) is 0 Å². The molecule has 0 bridgehead atoms. The first-order valence-corrected chi connectivity index (χ1v) is 15.8. The summed E-state index contributed by atoms with van der Waals surface area (Å²) in [6.07, 6.45) is -0.411. The summed E-state index contributed by atoms with van der Waals surface area (Å²) >= 11 is 0. The molecule has 2 aromatic carbocycles. The van der Waals surface area contributed by atoms with Gasteiger partial charge in [0.15, 0.2) is 0 Å². The molecule has 0 saturated carbocycles. The van der Waals surface area contributed by atoms with Crippen LogP contribution in [-0.4, -0.2) is 84.4 Å². The van der Waals surface area contributed by atoms with Crippen molar-refractivity contribution in [2.45, 2.75) is 83.5 Å². The summed E-state index contributed by atoms with van der Waals surface area (Å²) < 4.78 is 10.7. The average molecular weight is 668 g/mol. The van der Waals surface area contributed by atoms with Crippen molar-refractivity contribution in [2.75, 3.05) is 19.7 Å². The molecule has 3 atom stereocenters. The van der Waals surface area contributed by atoms with Gasteiger partial charge in [-0.25, -0.2) is 9.59 Å². The third-order valence-electron chi connectivity index (χ3n) is 7.46. The number of carbonyl (C=O) groups is 6. The molecule has 3 rings (SSSR count). The maximum atomic E-state index is 12.9. The minimum Gasteiger partial charge on any atom is -0.480 e. The summed E-state index contributed by atoms with van der Waals surface area (Å²) in [6, 6.07) is 12.5. The van der Waals surface area contributed by atoms with Crippen molar-refractivity contribution in [3.63, 3.8) is 0 Å². The number of amides is 5. The highest BCUT2D eigenvalue weighted by atomic mass is 16.6. The second-order valence-corrected chi connectivity index (χ2v) is 12.5. The van der Waals surface area contributed by atoms with Gasteiger partial charge in [-0.2, -0.15) is 0 Å². The molecule has 0 fully saturated rings. The molecule has 1 aliphatic rings. The van der Waals surface area contributed by atoms with Crippen molar-refractivity contribution < 1.29 is 43.3 Å². The van der Waals surface area contributed by atoms with Crippen molar-refractivity contribution in [3.05, 3.63) is 59.7 Å². The van der Waals surface area contributed by atoms with E-state index in [9.17, 15) is 28.8 Å². The zero-order valence-electron chi connectivity index (χ0n) is 27.9. The Balaban J connectivity index is 1.47. The van der Waals surface area contributed by atoms with Gasteiger partial charge in [0.05, 0.1) is 0 Å². The molecule has 14 heteroatoms. The van der Waals surface area contributed by atoms with E-state index in [0.29, 0.717) is 12.8 Å². The quantitative estimate of drug-likeness (QED) is 0.155. The highest BCUT2D eigenvalue weighted by Crippen LogP contribution is 2.44. The molecule has 0 aliphatic heterocycles. The Kier molecular flexibility index (Phi) is 13.3. The third kappa shape index (κ3) is 11.3. The number of rotatable bonds is 15. The van der Waals surface area contributed by atoms with E-state index in [1.807, 2.05) is 48.5 Å². The molecule has 48 heavy (non-hydrogen) atoms. The fourth-order valence-electron chi connectivity index (χ4n) is 5.12. The van der Waals surface area contributed by atoms with Gasteiger partial charge in [-0.3, -0.25) is 19.2 Å². The molecule has 0 heterocycles. The lowest BCUT2D eigenvalue weighted by Crippen LogP contribution is -2.55. The van der Waals surface area contributed by atoms with Gasteiger partial charge < -0.3 is 41.2 Å². The zero-order valence-corrected chi connectivity index (χ0v) is 27.9. The first kappa shape index (κ1) is 37.3. The topological polar surface area (TPSA) is 201 Å². The van der Waals surface area contributed by atoms with E-state index in [4.69, 9.17) is 14.6 Å². The number of carboxylic acid groups (broad SMARTS) is 1. The molecule has 260 valence electrons. The predicted octanol–water partition coefficient (Wildman–Crippen LogP) is 2.80. The normalized spacial score (nSPS) is 13.9. The minimum atomic E-state index is -1.26. The molecule has 6 N–H and O–H groups in total. The lowest BCUT2D eigenvalue weighted by molar-refractivity contribution is -0.138. The molecule has 1 aliphatic carbocycles. The van der Waals surface area contributed by atoms with Crippen molar-refractivity contribution in [1.82, 2.24) is 26.6 Å². The largest absolute Gasteiger partial charge is 0.480 e. The number of hydrogen-bond donors (Lipinski definition) is 6. The van der Waals surface area contributed by atoms with E-state index >= 15 is 0 Å². The molecule has 0 saturated heterocycles. The van der Waals surface area contributed by atoms with E-state index in [1.54, 1.807) is 20.8 Å². The lowest BCUT2D eigenvalue weighted by Gasteiger charge is -2.22. The summed E-state index contributed by atoms with van der Waals surface area (Å²) in [5.74, 6) is -3.48. The van der Waals surface area contributed by atoms with Gasteiger partial charge in [0.25, 0.3) is 0 Å². The molecular weight excluding hydrogens is 622 g/mol. The summed E-state index contributed by atoms with van der Waals surface area (Å²) in [5, 5.41) is 21.3. The summed E-state index contributed by atoms with van der Waals surface area (Å²) in [4.78, 5) is 73.8. The second kappa shape index (κ2) is 17.1. The number of hydrogen-bond acceptors (Lipinski definition) is 8. The van der Waals surface area contributed by atoms with Crippen LogP contribution in [0, 0.1) is 0 Å². The molecule has 14 nitrogen and oxygen atoms in total. The summed E-state index contributed by atoms with van der Waals surface area (Å²) in [7, 11) is 0. The molecule has 0 spiro atoms. The maximum Gasteiger partial charge on any atom is 0.407 e. The number of ether oxygens (including phenoxy) is 2. The van der Waals surface area contributed by atoms with Crippen molar-refractivity contribution in [1.29, 1.82) is 0 Å². The van der Waals surface area contributed by atoms with Crippen LogP contribution < -0.4 is 26.6 Å². The van der Waals surface area contributed by atoms with E-state index in [1.165, 1.54) is 13.8 Å². The van der Waals surface area contributed by atoms with Gasteiger partial charge in [0.2, 0.25) is 17.7 Å². The van der Waals surface area contributed by atoms with Crippen LogP contribution in [0.15, 0.2) is 48.5 Å². The number of unbranched alkanes of at least 4 members (excludes halogenated alkanes) is 1. The van der Waals surface area contributed by atoms with Gasteiger partial charge in [0.1, 0.15) is 36.9 Å². The standard InChI is InChI=1S/C34H45N5O9/c1-20(30(43)39-27(31(44)36-18-28(40)41)16-10-11-17-35-32(45)48-34(3,4)5)37-29(42)21(2)38-33(46)47-19-26-24-14-8-6-12-22(24)23-13-7-9-15-25(23)26/h6-9,12-15,20-21,26-27H,10-11,16-19H2,1-5H3,(H,35,45)(H,36,44)(H,37,42)(H,38,46)(H,39,43)(H,40,41)/t20-,21-,27-/m0/s1. The SMILES string of the molecule is C[C@H](NC(=O)OCC1c2ccccc2-c2ccccc21)C(=O)N[C@@H](C)C(=O)N[C@@H](CCCCNC(=O)OC(C)(C)C)C(=O)NCC(=O)O. The molecule has 0 unspecified atom stereocenters. The predicted molar refractivity (Wildman–Crippen MR) is 176 cm³/mol. The Morgan fingerprint density at radius 3 is 1.90 bits per heavy atom. The van der Waals surface area contributed by atoms with Crippen LogP contribution in [0.1, 0.15) is 70.9 Å². The van der Waals surface area contributed by atoms with Gasteiger partial charge in [-0.1, -0.05) is 48.5 Å². The van der Waals surface area contributed by atoms with Gasteiger partial charge >= 0.3 is 18.2 Å². The Morgan fingerprint density at radius 1 is 0.750 bits per heavy atom. The minimum absolute atomic E-state index is 0.0649. The maximum absolute atomic E-state index is 12.9. The number of benzene rings is 2. The number of nitrogens with one attached hydrogen (secondary N) is 5. The van der Waals surface area contributed by atoms with E-state index in [-0.39, 0.29) is 25.5 Å². The Morgan fingerprint density at radius 2 is 1.31 bits per heavy atom. The number of alkyl carbamates (subject to hydrolysis) is 2. The Labute approximate surface area is 279 Å². The van der Waals surface area contributed by atoms with E-state index in [2.05, 4.69) is 26.6 Å². The van der Waals surface area contributed by atoms with Crippen LogP contribution in [0.5, 0.6) is 0 Å². The van der Waals surface area contributed by atoms with Crippen LogP contribution in [0.25, 0.3) is 11.1 Å². The van der Waals surface area contributed by atoms with Crippen LogP contribution >= 0.6 is 0 Å². The smallest absolute Gasteiger partial charge is 0.407 e. The van der Waals surface area contributed by atoms with Gasteiger partial charge in [0, 0.05) is 12.5 Å². The second-order valence-electron chi connectivity index (χ2n) is 12.5. The first-order chi connectivity index (χ1) is 22.7. The van der Waals surface area contributed by atoms with Crippen LogP contribution in [0.4, 0.5) is 9.59 Å². The highest BCUT2D eigenvalue weighted by molar-refractivity contribution is 5.94. The van der Waals surface area contributed by atoms with Crippen LogP contribution in [-0.2, 0) is 28.7 Å². The van der Waals surface area contributed by atoms with Crippen molar-refractivity contribution in [3.8, 4) is 11.1 Å². The Bertz CT molecular complexity index is 1440. The molecule has 0 aromatic heterocycles. The molecular formula is C34H45N5O9. The van der Waals surface area contributed by atoms with Crippen LogP contribution in [0.3, 0.4) is 0 Å². The number of carbonyl (C=O) groups excluding carboxylic acids is 5. The average Bonchev–Trinajstić information content (AvgIpc) is 3.34. The third-order valence-corrected chi connectivity index (χ3v) is 7.46. The zero-order chi connectivity index (χ0) is 35.4. The molecule has 0 radical (unpaired) electrons.